The number of carbonyl (C=O) groups excluding carboxylic acids is 1. The Morgan fingerprint density at radius 3 is 2.64 bits per heavy atom. The van der Waals surface area contributed by atoms with E-state index >= 15 is 0 Å². The molecule has 0 aliphatic carbocycles. The molecule has 0 spiro atoms. The number of hydrogen-bond acceptors (Lipinski definition) is 4. The molecule has 1 atom stereocenters. The molecule has 1 unspecified atom stereocenters. The van der Waals surface area contributed by atoms with Crippen LogP contribution >= 0.6 is 11.6 Å². The molecule has 0 radical (unpaired) electrons. The lowest BCUT2D eigenvalue weighted by molar-refractivity contribution is 0.0716. The van der Waals surface area contributed by atoms with Gasteiger partial charge in [-0.25, -0.2) is 13.9 Å². The van der Waals surface area contributed by atoms with Gasteiger partial charge in [0.1, 0.15) is 5.82 Å². The first-order valence-corrected chi connectivity index (χ1v) is 7.96. The summed E-state index contributed by atoms with van der Waals surface area (Å²) in [6, 6.07) is 9.88. The van der Waals surface area contributed by atoms with E-state index in [0.29, 0.717) is 10.7 Å². The molecule has 2 aromatic heterocycles. The van der Waals surface area contributed by atoms with Gasteiger partial charge in [-0.2, -0.15) is 5.10 Å². The van der Waals surface area contributed by atoms with Gasteiger partial charge in [0.25, 0.3) is 0 Å². The smallest absolute Gasteiger partial charge is 0.346 e. The summed E-state index contributed by atoms with van der Waals surface area (Å²) in [6.45, 7) is 3.73. The fourth-order valence-electron chi connectivity index (χ4n) is 2.41. The van der Waals surface area contributed by atoms with Gasteiger partial charge in [0, 0.05) is 17.3 Å². The summed E-state index contributed by atoms with van der Waals surface area (Å²) < 4.78 is 20.2. The summed E-state index contributed by atoms with van der Waals surface area (Å²) >= 11 is 5.92. The molecular formula is C18H15ClFN3O2. The maximum atomic E-state index is 13.2. The van der Waals surface area contributed by atoms with Crippen LogP contribution in [0.4, 0.5) is 4.39 Å². The lowest BCUT2D eigenvalue weighted by Gasteiger charge is -2.15. The topological polar surface area (TPSA) is 57.0 Å². The van der Waals surface area contributed by atoms with Gasteiger partial charge in [-0.15, -0.1) is 0 Å². The zero-order chi connectivity index (χ0) is 18.0. The van der Waals surface area contributed by atoms with E-state index in [1.807, 2.05) is 19.1 Å². The first kappa shape index (κ1) is 17.1. The summed E-state index contributed by atoms with van der Waals surface area (Å²) in [5.74, 6) is -1.03. The number of aromatic nitrogens is 3. The third kappa shape index (κ3) is 3.85. The molecule has 0 bridgehead atoms. The van der Waals surface area contributed by atoms with E-state index in [2.05, 4.69) is 10.1 Å². The number of carbonyl (C=O) groups is 1. The van der Waals surface area contributed by atoms with Crippen LogP contribution in [-0.2, 0) is 0 Å². The number of rotatable bonds is 4. The minimum absolute atomic E-state index is 0.0320. The number of hydrogen-bond donors (Lipinski definition) is 0. The largest absolute Gasteiger partial charge is 0.404 e. The first-order chi connectivity index (χ1) is 11.9. The second-order valence-electron chi connectivity index (χ2n) is 5.58. The molecule has 5 nitrogen and oxygen atoms in total. The van der Waals surface area contributed by atoms with Gasteiger partial charge in [0.15, 0.2) is 0 Å². The Labute approximate surface area is 149 Å². The molecule has 0 aliphatic rings. The molecule has 0 N–H and O–H groups in total. The third-order valence-electron chi connectivity index (χ3n) is 3.68. The lowest BCUT2D eigenvalue weighted by Crippen LogP contribution is -2.15. The highest BCUT2D eigenvalue weighted by Gasteiger charge is 2.19. The van der Waals surface area contributed by atoms with Gasteiger partial charge in [-0.3, -0.25) is 4.98 Å². The number of nitrogens with zero attached hydrogens (tertiary/aromatic N) is 3. The molecule has 128 valence electrons. The normalized spacial score (nSPS) is 12.0. The molecule has 0 fully saturated rings. The van der Waals surface area contributed by atoms with Crippen molar-refractivity contribution in [3.8, 4) is 5.88 Å². The number of aryl methyl sites for hydroxylation is 1. The highest BCUT2D eigenvalue weighted by Crippen LogP contribution is 2.26. The Morgan fingerprint density at radius 2 is 1.96 bits per heavy atom. The monoisotopic (exact) mass is 359 g/mol. The highest BCUT2D eigenvalue weighted by molar-refractivity contribution is 6.30. The van der Waals surface area contributed by atoms with E-state index in [0.717, 1.165) is 17.8 Å². The van der Waals surface area contributed by atoms with Crippen molar-refractivity contribution in [1.29, 1.82) is 0 Å². The van der Waals surface area contributed by atoms with Gasteiger partial charge in [-0.05, 0) is 37.6 Å². The predicted octanol–water partition coefficient (Wildman–Crippen LogP) is 4.21. The summed E-state index contributed by atoms with van der Waals surface area (Å²) in [4.78, 5) is 15.9. The van der Waals surface area contributed by atoms with E-state index < -0.39 is 11.8 Å². The van der Waals surface area contributed by atoms with Crippen molar-refractivity contribution < 1.29 is 13.9 Å². The molecule has 2 heterocycles. The Hall–Kier alpha value is -2.73. The molecule has 25 heavy (non-hydrogen) atoms. The van der Waals surface area contributed by atoms with Gasteiger partial charge in [-0.1, -0.05) is 23.7 Å². The van der Waals surface area contributed by atoms with Crippen LogP contribution in [0.25, 0.3) is 0 Å². The highest BCUT2D eigenvalue weighted by atomic mass is 35.5. The molecule has 1 aromatic carbocycles. The Balaban J connectivity index is 1.88. The lowest BCUT2D eigenvalue weighted by atomic mass is 10.1. The van der Waals surface area contributed by atoms with Gasteiger partial charge < -0.3 is 4.74 Å². The van der Waals surface area contributed by atoms with Crippen LogP contribution in [0.5, 0.6) is 5.88 Å². The van der Waals surface area contributed by atoms with E-state index in [9.17, 15) is 9.18 Å². The van der Waals surface area contributed by atoms with Crippen molar-refractivity contribution in [3.05, 3.63) is 76.5 Å². The molecule has 0 aliphatic heterocycles. The SMILES string of the molecule is Cc1cc(OC(=O)c2cncc(F)c2)n(C(C)c2ccc(Cl)cc2)n1. The predicted molar refractivity (Wildman–Crippen MR) is 91.4 cm³/mol. The molecular weight excluding hydrogens is 345 g/mol. The van der Waals surface area contributed by atoms with Crippen LogP contribution < -0.4 is 4.74 Å². The fraction of sp³-hybridized carbons (Fsp3) is 0.167. The van der Waals surface area contributed by atoms with Crippen LogP contribution in [-0.4, -0.2) is 20.7 Å². The van der Waals surface area contributed by atoms with Crippen LogP contribution in [0, 0.1) is 12.7 Å². The van der Waals surface area contributed by atoms with E-state index in [1.165, 1.54) is 6.20 Å². The zero-order valence-electron chi connectivity index (χ0n) is 13.6. The van der Waals surface area contributed by atoms with Crippen LogP contribution in [0.15, 0.2) is 48.8 Å². The average molecular weight is 360 g/mol. The van der Waals surface area contributed by atoms with E-state index in [4.69, 9.17) is 16.3 Å². The van der Waals surface area contributed by atoms with E-state index in [-0.39, 0.29) is 17.5 Å². The van der Waals surface area contributed by atoms with Crippen molar-refractivity contribution in [3.63, 3.8) is 0 Å². The first-order valence-electron chi connectivity index (χ1n) is 7.58. The number of esters is 1. The molecule has 3 rings (SSSR count). The molecule has 0 amide bonds. The fourth-order valence-corrected chi connectivity index (χ4v) is 2.53. The number of halogens is 2. The number of pyridine rings is 1. The zero-order valence-corrected chi connectivity index (χ0v) is 14.4. The maximum absolute atomic E-state index is 13.2. The van der Waals surface area contributed by atoms with Gasteiger partial charge in [0.05, 0.1) is 23.5 Å². The van der Waals surface area contributed by atoms with Crippen LogP contribution in [0.1, 0.15) is 34.6 Å². The molecule has 0 saturated carbocycles. The van der Waals surface area contributed by atoms with Crippen LogP contribution in [0.3, 0.4) is 0 Å². The van der Waals surface area contributed by atoms with Crippen molar-refractivity contribution in [2.75, 3.05) is 0 Å². The Kier molecular flexibility index (Phi) is 4.81. The average Bonchev–Trinajstić information content (AvgIpc) is 2.95. The quantitative estimate of drug-likeness (QED) is 0.655. The minimum atomic E-state index is -0.698. The molecule has 0 saturated heterocycles. The maximum Gasteiger partial charge on any atom is 0.346 e. The second kappa shape index (κ2) is 7.03. The van der Waals surface area contributed by atoms with Crippen molar-refractivity contribution in [2.45, 2.75) is 19.9 Å². The summed E-state index contributed by atoms with van der Waals surface area (Å²) in [6.07, 6.45) is 2.27. The van der Waals surface area contributed by atoms with Gasteiger partial charge in [0.2, 0.25) is 5.88 Å². The Morgan fingerprint density at radius 1 is 1.24 bits per heavy atom. The summed E-state index contributed by atoms with van der Waals surface area (Å²) in [7, 11) is 0. The third-order valence-corrected chi connectivity index (χ3v) is 3.93. The van der Waals surface area contributed by atoms with E-state index in [1.54, 1.807) is 29.8 Å². The number of benzene rings is 1. The van der Waals surface area contributed by atoms with Crippen molar-refractivity contribution in [2.24, 2.45) is 0 Å². The van der Waals surface area contributed by atoms with Crippen molar-refractivity contribution >= 4 is 17.6 Å². The van der Waals surface area contributed by atoms with Gasteiger partial charge >= 0.3 is 5.97 Å². The minimum Gasteiger partial charge on any atom is -0.404 e. The van der Waals surface area contributed by atoms with Crippen molar-refractivity contribution in [1.82, 2.24) is 14.8 Å². The Bertz CT molecular complexity index is 909. The molecule has 7 heteroatoms. The molecule has 3 aromatic rings. The standard InChI is InChI=1S/C18H15ClFN3O2/c1-11-7-17(25-18(24)14-8-16(20)10-21-9-14)23(22-11)12(2)13-3-5-15(19)6-4-13/h3-10,12H,1-2H3. The second-order valence-corrected chi connectivity index (χ2v) is 6.01. The number of ether oxygens (including phenoxy) is 1. The summed E-state index contributed by atoms with van der Waals surface area (Å²) in [5.41, 5.74) is 1.68. The summed E-state index contributed by atoms with van der Waals surface area (Å²) in [5, 5.41) is 5.03. The van der Waals surface area contributed by atoms with Crippen LogP contribution in [0.2, 0.25) is 5.02 Å².